The zero-order valence-corrected chi connectivity index (χ0v) is 15.8. The SMILES string of the molecule is O=c1c2cc3c(=O)n(-c4cccc(Cl)c4)ccc3nc2ccn1Cc1ccco1. The number of benzene rings is 1. The summed E-state index contributed by atoms with van der Waals surface area (Å²) < 4.78 is 8.36. The summed E-state index contributed by atoms with van der Waals surface area (Å²) in [6.45, 7) is 0.307. The van der Waals surface area contributed by atoms with Crippen LogP contribution in [-0.4, -0.2) is 14.1 Å². The molecule has 0 saturated carbocycles. The summed E-state index contributed by atoms with van der Waals surface area (Å²) in [5.41, 5.74) is 1.22. The van der Waals surface area contributed by atoms with Crippen molar-refractivity contribution >= 4 is 33.4 Å². The maximum absolute atomic E-state index is 13.1. The van der Waals surface area contributed by atoms with E-state index in [0.717, 1.165) is 0 Å². The fourth-order valence-corrected chi connectivity index (χ4v) is 3.57. The predicted molar refractivity (Wildman–Crippen MR) is 112 cm³/mol. The Labute approximate surface area is 169 Å². The number of aromatic nitrogens is 3. The van der Waals surface area contributed by atoms with Crippen molar-refractivity contribution in [3.8, 4) is 5.69 Å². The van der Waals surface area contributed by atoms with Crippen LogP contribution in [0, 0.1) is 0 Å². The molecule has 0 radical (unpaired) electrons. The molecule has 0 spiro atoms. The highest BCUT2D eigenvalue weighted by molar-refractivity contribution is 6.30. The van der Waals surface area contributed by atoms with Gasteiger partial charge in [-0.1, -0.05) is 17.7 Å². The van der Waals surface area contributed by atoms with Gasteiger partial charge in [0, 0.05) is 17.4 Å². The Kier molecular flexibility index (Phi) is 4.07. The van der Waals surface area contributed by atoms with Crippen LogP contribution in [0.25, 0.3) is 27.5 Å². The molecule has 0 atom stereocenters. The molecule has 0 unspecified atom stereocenters. The Balaban J connectivity index is 1.72. The van der Waals surface area contributed by atoms with E-state index in [1.54, 1.807) is 73.3 Å². The third-order valence-corrected chi connectivity index (χ3v) is 5.04. The zero-order chi connectivity index (χ0) is 20.0. The van der Waals surface area contributed by atoms with Gasteiger partial charge in [-0.3, -0.25) is 14.2 Å². The van der Waals surface area contributed by atoms with Crippen molar-refractivity contribution in [3.63, 3.8) is 0 Å². The lowest BCUT2D eigenvalue weighted by molar-refractivity contribution is 0.490. The van der Waals surface area contributed by atoms with E-state index in [-0.39, 0.29) is 11.1 Å². The summed E-state index contributed by atoms with van der Waals surface area (Å²) in [6, 6.07) is 15.7. The maximum Gasteiger partial charge on any atom is 0.264 e. The summed E-state index contributed by atoms with van der Waals surface area (Å²) in [4.78, 5) is 30.6. The smallest absolute Gasteiger partial charge is 0.264 e. The third-order valence-electron chi connectivity index (χ3n) is 4.81. The van der Waals surface area contributed by atoms with E-state index in [1.165, 1.54) is 9.13 Å². The van der Waals surface area contributed by atoms with E-state index in [0.29, 0.717) is 44.8 Å². The molecule has 0 bridgehead atoms. The number of hydrogen-bond donors (Lipinski definition) is 0. The van der Waals surface area contributed by atoms with E-state index in [9.17, 15) is 9.59 Å². The zero-order valence-electron chi connectivity index (χ0n) is 15.1. The number of halogens is 1. The number of rotatable bonds is 3. The lowest BCUT2D eigenvalue weighted by Crippen LogP contribution is -2.22. The first-order valence-electron chi connectivity index (χ1n) is 8.94. The highest BCUT2D eigenvalue weighted by atomic mass is 35.5. The lowest BCUT2D eigenvalue weighted by Gasteiger charge is -2.09. The van der Waals surface area contributed by atoms with E-state index >= 15 is 0 Å². The van der Waals surface area contributed by atoms with Crippen molar-refractivity contribution in [2.75, 3.05) is 0 Å². The van der Waals surface area contributed by atoms with Crippen molar-refractivity contribution in [3.05, 3.63) is 105 Å². The third kappa shape index (κ3) is 3.03. The fourth-order valence-electron chi connectivity index (χ4n) is 3.39. The summed E-state index contributed by atoms with van der Waals surface area (Å²) in [5, 5.41) is 1.28. The minimum atomic E-state index is -0.264. The van der Waals surface area contributed by atoms with Crippen LogP contribution < -0.4 is 11.1 Å². The van der Waals surface area contributed by atoms with Gasteiger partial charge < -0.3 is 8.98 Å². The molecule has 5 aromatic rings. The second-order valence-electron chi connectivity index (χ2n) is 6.65. The summed E-state index contributed by atoms with van der Waals surface area (Å²) >= 11 is 6.06. The largest absolute Gasteiger partial charge is 0.467 e. The highest BCUT2D eigenvalue weighted by Gasteiger charge is 2.11. The molecule has 4 heterocycles. The van der Waals surface area contributed by atoms with Gasteiger partial charge in [-0.25, -0.2) is 4.98 Å². The standard InChI is InChI=1S/C22H14ClN3O3/c23-14-3-1-4-15(11-14)26-9-7-20-18(22(26)28)12-17-19(24-20)6-8-25(21(17)27)13-16-5-2-10-29-16/h1-12H,13H2. The molecule has 1 aromatic carbocycles. The highest BCUT2D eigenvalue weighted by Crippen LogP contribution is 2.18. The first kappa shape index (κ1) is 17.5. The Morgan fingerprint density at radius 1 is 0.897 bits per heavy atom. The van der Waals surface area contributed by atoms with Crippen molar-refractivity contribution in [2.24, 2.45) is 0 Å². The van der Waals surface area contributed by atoms with E-state index in [1.807, 2.05) is 0 Å². The van der Waals surface area contributed by atoms with Crippen LogP contribution in [-0.2, 0) is 6.54 Å². The topological polar surface area (TPSA) is 70.0 Å². The summed E-state index contributed by atoms with van der Waals surface area (Å²) in [5.74, 6) is 0.670. The quantitative estimate of drug-likeness (QED) is 0.427. The number of nitrogens with zero attached hydrogens (tertiary/aromatic N) is 3. The molecular weight excluding hydrogens is 390 g/mol. The number of furan rings is 1. The predicted octanol–water partition coefficient (Wildman–Crippen LogP) is 4.00. The van der Waals surface area contributed by atoms with Crippen LogP contribution in [0.2, 0.25) is 5.02 Å². The molecule has 0 saturated heterocycles. The fraction of sp³-hybridized carbons (Fsp3) is 0.0455. The van der Waals surface area contributed by atoms with Gasteiger partial charge in [0.15, 0.2) is 0 Å². The first-order chi connectivity index (χ1) is 14.1. The van der Waals surface area contributed by atoms with Gasteiger partial charge >= 0.3 is 0 Å². The number of pyridine rings is 3. The molecule has 142 valence electrons. The molecular formula is C22H14ClN3O3. The Hall–Kier alpha value is -3.64. The monoisotopic (exact) mass is 403 g/mol. The van der Waals surface area contributed by atoms with Crippen LogP contribution in [0.15, 0.2) is 87.3 Å². The first-order valence-corrected chi connectivity index (χ1v) is 9.32. The minimum absolute atomic E-state index is 0.231. The van der Waals surface area contributed by atoms with E-state index in [2.05, 4.69) is 4.98 Å². The van der Waals surface area contributed by atoms with E-state index < -0.39 is 0 Å². The van der Waals surface area contributed by atoms with Crippen LogP contribution >= 0.6 is 11.6 Å². The van der Waals surface area contributed by atoms with E-state index in [4.69, 9.17) is 16.0 Å². The van der Waals surface area contributed by atoms with Gasteiger partial charge in [0.2, 0.25) is 0 Å². The molecule has 0 aliphatic rings. The molecule has 4 aromatic heterocycles. The molecule has 0 aliphatic heterocycles. The van der Waals surface area contributed by atoms with Gasteiger partial charge in [-0.15, -0.1) is 0 Å². The molecule has 0 fully saturated rings. The molecule has 0 aliphatic carbocycles. The minimum Gasteiger partial charge on any atom is -0.467 e. The molecule has 0 N–H and O–H groups in total. The summed E-state index contributed by atoms with van der Waals surface area (Å²) in [7, 11) is 0. The van der Waals surface area contributed by atoms with Gasteiger partial charge in [0.25, 0.3) is 11.1 Å². The maximum atomic E-state index is 13.1. The van der Waals surface area contributed by atoms with Gasteiger partial charge in [0.1, 0.15) is 5.76 Å². The van der Waals surface area contributed by atoms with Gasteiger partial charge in [0.05, 0.1) is 40.3 Å². The lowest BCUT2D eigenvalue weighted by atomic mass is 10.2. The second-order valence-corrected chi connectivity index (χ2v) is 7.09. The van der Waals surface area contributed by atoms with Gasteiger partial charge in [-0.2, -0.15) is 0 Å². The van der Waals surface area contributed by atoms with Crippen LogP contribution in [0.5, 0.6) is 0 Å². The number of hydrogen-bond acceptors (Lipinski definition) is 4. The van der Waals surface area contributed by atoms with Crippen molar-refractivity contribution < 1.29 is 4.42 Å². The second kappa shape index (κ2) is 6.76. The van der Waals surface area contributed by atoms with Crippen molar-refractivity contribution in [1.29, 1.82) is 0 Å². The number of fused-ring (bicyclic) bond motifs is 2. The molecule has 29 heavy (non-hydrogen) atoms. The average Bonchev–Trinajstić information content (AvgIpc) is 3.23. The molecule has 7 heteroatoms. The molecule has 0 amide bonds. The summed E-state index contributed by atoms with van der Waals surface area (Å²) in [6.07, 6.45) is 4.90. The Morgan fingerprint density at radius 3 is 2.45 bits per heavy atom. The Morgan fingerprint density at radius 2 is 1.69 bits per heavy atom. The van der Waals surface area contributed by atoms with Crippen LogP contribution in [0.3, 0.4) is 0 Å². The van der Waals surface area contributed by atoms with Crippen LogP contribution in [0.1, 0.15) is 5.76 Å². The average molecular weight is 404 g/mol. The van der Waals surface area contributed by atoms with Gasteiger partial charge in [-0.05, 0) is 48.5 Å². The molecule has 5 rings (SSSR count). The molecule has 6 nitrogen and oxygen atoms in total. The Bertz CT molecular complexity index is 1480. The van der Waals surface area contributed by atoms with Crippen LogP contribution in [0.4, 0.5) is 0 Å². The normalized spacial score (nSPS) is 11.3. The van der Waals surface area contributed by atoms with Crippen molar-refractivity contribution in [1.82, 2.24) is 14.1 Å². The van der Waals surface area contributed by atoms with Crippen molar-refractivity contribution in [2.45, 2.75) is 6.54 Å².